The molecule has 7 nitrogen and oxygen atoms in total. The predicted molar refractivity (Wildman–Crippen MR) is 117 cm³/mol. The normalized spacial score (nSPS) is 18.2. The topological polar surface area (TPSA) is 67.2 Å². The number of aromatic nitrogens is 4. The van der Waals surface area contributed by atoms with Gasteiger partial charge in [-0.15, -0.1) is 0 Å². The van der Waals surface area contributed by atoms with Crippen molar-refractivity contribution in [2.24, 2.45) is 0 Å². The Labute approximate surface area is 176 Å². The molecule has 2 aliphatic rings. The molecule has 0 spiro atoms. The van der Waals surface area contributed by atoms with Gasteiger partial charge in [0.05, 0.1) is 11.9 Å². The van der Waals surface area contributed by atoms with E-state index in [4.69, 9.17) is 0 Å². The third-order valence-electron chi connectivity index (χ3n) is 6.49. The van der Waals surface area contributed by atoms with Gasteiger partial charge in [-0.2, -0.15) is 0 Å². The van der Waals surface area contributed by atoms with E-state index in [1.165, 1.54) is 36.9 Å². The van der Waals surface area contributed by atoms with E-state index in [9.17, 15) is 4.79 Å². The van der Waals surface area contributed by atoms with Crippen molar-refractivity contribution in [1.82, 2.24) is 24.4 Å². The highest BCUT2D eigenvalue weighted by Crippen LogP contribution is 2.31. The largest absolute Gasteiger partial charge is 0.369 e. The van der Waals surface area contributed by atoms with Crippen LogP contribution >= 0.6 is 0 Å². The van der Waals surface area contributed by atoms with Crippen molar-refractivity contribution in [1.29, 1.82) is 0 Å². The summed E-state index contributed by atoms with van der Waals surface area (Å²) in [5.41, 5.74) is 4.72. The van der Waals surface area contributed by atoms with Crippen LogP contribution in [-0.2, 0) is 0 Å². The number of carbonyl (C=O) groups excluding carboxylic acids is 1. The van der Waals surface area contributed by atoms with Crippen molar-refractivity contribution in [2.75, 3.05) is 31.1 Å². The highest BCUT2D eigenvalue weighted by molar-refractivity contribution is 5.96. The molecule has 1 saturated heterocycles. The molecule has 0 atom stereocenters. The van der Waals surface area contributed by atoms with Gasteiger partial charge in [-0.05, 0) is 43.9 Å². The first-order valence-corrected chi connectivity index (χ1v) is 11.0. The number of fused-ring (bicyclic) bond motifs is 1. The summed E-state index contributed by atoms with van der Waals surface area (Å²) in [6.45, 7) is 5.31. The Hall–Kier alpha value is -2.96. The molecule has 3 aromatic heterocycles. The molecule has 5 rings (SSSR count). The van der Waals surface area contributed by atoms with Crippen LogP contribution in [0.5, 0.6) is 0 Å². The number of hydrogen-bond donors (Lipinski definition) is 0. The van der Waals surface area contributed by atoms with Crippen molar-refractivity contribution >= 4 is 22.8 Å². The van der Waals surface area contributed by atoms with Gasteiger partial charge in [-0.1, -0.05) is 12.8 Å². The summed E-state index contributed by atoms with van der Waals surface area (Å²) in [6.07, 6.45) is 13.2. The maximum Gasteiger partial charge on any atom is 0.255 e. The van der Waals surface area contributed by atoms with Crippen LogP contribution in [0.15, 0.2) is 37.1 Å². The lowest BCUT2D eigenvalue weighted by Crippen LogP contribution is -2.35. The zero-order chi connectivity index (χ0) is 20.5. The molecule has 7 heteroatoms. The number of aryl methyl sites for hydroxylation is 1. The SMILES string of the molecule is Cc1cnccc1N1CCCN(C(=O)c2cnc3c(c2)ncn3C2CCCC2)CC1. The molecule has 0 N–H and O–H groups in total. The average molecular weight is 405 g/mol. The first-order chi connectivity index (χ1) is 14.7. The third-order valence-corrected chi connectivity index (χ3v) is 6.49. The maximum absolute atomic E-state index is 13.2. The van der Waals surface area contributed by atoms with Crippen LogP contribution in [0.4, 0.5) is 5.69 Å². The molecule has 2 fully saturated rings. The van der Waals surface area contributed by atoms with E-state index in [0.717, 1.165) is 37.2 Å². The first-order valence-electron chi connectivity index (χ1n) is 11.0. The van der Waals surface area contributed by atoms with Crippen LogP contribution in [-0.4, -0.2) is 56.5 Å². The molecule has 1 aliphatic carbocycles. The number of imidazole rings is 1. The van der Waals surface area contributed by atoms with Gasteiger partial charge in [0.15, 0.2) is 5.65 Å². The van der Waals surface area contributed by atoms with Gasteiger partial charge in [0, 0.05) is 56.5 Å². The Morgan fingerprint density at radius 3 is 2.73 bits per heavy atom. The summed E-state index contributed by atoms with van der Waals surface area (Å²) >= 11 is 0. The fraction of sp³-hybridized carbons (Fsp3) is 0.478. The fourth-order valence-electron chi connectivity index (χ4n) is 4.85. The van der Waals surface area contributed by atoms with Gasteiger partial charge < -0.3 is 14.4 Å². The average Bonchev–Trinajstić information content (AvgIpc) is 3.37. The number of hydrogen-bond acceptors (Lipinski definition) is 5. The Morgan fingerprint density at radius 1 is 1.03 bits per heavy atom. The molecule has 0 radical (unpaired) electrons. The molecular formula is C23H28N6O. The molecule has 1 saturated carbocycles. The van der Waals surface area contributed by atoms with E-state index in [1.54, 1.807) is 6.20 Å². The fourth-order valence-corrected chi connectivity index (χ4v) is 4.85. The van der Waals surface area contributed by atoms with E-state index in [1.807, 2.05) is 29.7 Å². The predicted octanol–water partition coefficient (Wildman–Crippen LogP) is 3.60. The summed E-state index contributed by atoms with van der Waals surface area (Å²) in [6, 6.07) is 4.47. The van der Waals surface area contributed by atoms with E-state index >= 15 is 0 Å². The molecule has 0 unspecified atom stereocenters. The minimum absolute atomic E-state index is 0.0492. The van der Waals surface area contributed by atoms with E-state index in [-0.39, 0.29) is 5.91 Å². The van der Waals surface area contributed by atoms with Crippen LogP contribution in [0.1, 0.15) is 54.1 Å². The standard InChI is InChI=1S/C23H28N6O/c1-17-14-24-8-7-21(17)27-9-4-10-28(12-11-27)23(30)18-13-20-22(25-15-18)29(16-26-20)19-5-2-3-6-19/h7-8,13-16,19H,2-6,9-12H2,1H3. The van der Waals surface area contributed by atoms with Crippen LogP contribution < -0.4 is 4.90 Å². The Morgan fingerprint density at radius 2 is 1.90 bits per heavy atom. The zero-order valence-corrected chi connectivity index (χ0v) is 17.5. The summed E-state index contributed by atoms with van der Waals surface area (Å²) in [4.78, 5) is 30.9. The highest BCUT2D eigenvalue weighted by atomic mass is 16.2. The van der Waals surface area contributed by atoms with Crippen molar-refractivity contribution in [3.63, 3.8) is 0 Å². The lowest BCUT2D eigenvalue weighted by molar-refractivity contribution is 0.0767. The molecule has 0 aromatic carbocycles. The van der Waals surface area contributed by atoms with Gasteiger partial charge >= 0.3 is 0 Å². The smallest absolute Gasteiger partial charge is 0.255 e. The van der Waals surface area contributed by atoms with Crippen molar-refractivity contribution in [3.05, 3.63) is 48.2 Å². The quantitative estimate of drug-likeness (QED) is 0.667. The molecule has 1 amide bonds. The summed E-state index contributed by atoms with van der Waals surface area (Å²) in [5, 5.41) is 0. The van der Waals surface area contributed by atoms with E-state index in [0.29, 0.717) is 18.2 Å². The van der Waals surface area contributed by atoms with Crippen LogP contribution in [0.2, 0.25) is 0 Å². The highest BCUT2D eigenvalue weighted by Gasteiger charge is 2.23. The summed E-state index contributed by atoms with van der Waals surface area (Å²) in [5.74, 6) is 0.0492. The van der Waals surface area contributed by atoms with Crippen LogP contribution in [0.3, 0.4) is 0 Å². The number of carbonyl (C=O) groups is 1. The minimum atomic E-state index is 0.0492. The minimum Gasteiger partial charge on any atom is -0.369 e. The number of amides is 1. The molecule has 3 aromatic rings. The third kappa shape index (κ3) is 3.53. The van der Waals surface area contributed by atoms with E-state index < -0.39 is 0 Å². The second-order valence-electron chi connectivity index (χ2n) is 8.45. The van der Waals surface area contributed by atoms with Crippen LogP contribution in [0, 0.1) is 6.92 Å². The number of rotatable bonds is 3. The zero-order valence-electron chi connectivity index (χ0n) is 17.5. The van der Waals surface area contributed by atoms with Gasteiger partial charge in [0.2, 0.25) is 0 Å². The second kappa shape index (κ2) is 8.05. The molecular weight excluding hydrogens is 376 g/mol. The monoisotopic (exact) mass is 404 g/mol. The summed E-state index contributed by atoms with van der Waals surface area (Å²) < 4.78 is 2.19. The Balaban J connectivity index is 1.32. The summed E-state index contributed by atoms with van der Waals surface area (Å²) in [7, 11) is 0. The van der Waals surface area contributed by atoms with Gasteiger partial charge in [0.25, 0.3) is 5.91 Å². The van der Waals surface area contributed by atoms with Gasteiger partial charge in [0.1, 0.15) is 5.52 Å². The molecule has 0 bridgehead atoms. The Kier molecular flexibility index (Phi) is 5.11. The van der Waals surface area contributed by atoms with Gasteiger partial charge in [-0.25, -0.2) is 9.97 Å². The number of anilines is 1. The molecule has 30 heavy (non-hydrogen) atoms. The Bertz CT molecular complexity index is 1050. The van der Waals surface area contributed by atoms with Gasteiger partial charge in [-0.3, -0.25) is 9.78 Å². The number of pyridine rings is 2. The lowest BCUT2D eigenvalue weighted by atomic mass is 10.2. The molecule has 156 valence electrons. The van der Waals surface area contributed by atoms with Crippen molar-refractivity contribution in [2.45, 2.75) is 45.1 Å². The van der Waals surface area contributed by atoms with Crippen molar-refractivity contribution in [3.8, 4) is 0 Å². The van der Waals surface area contributed by atoms with Crippen molar-refractivity contribution < 1.29 is 4.79 Å². The number of nitrogens with zero attached hydrogens (tertiary/aromatic N) is 6. The maximum atomic E-state index is 13.2. The second-order valence-corrected chi connectivity index (χ2v) is 8.45. The first kappa shape index (κ1) is 19.0. The molecule has 1 aliphatic heterocycles. The van der Waals surface area contributed by atoms with Crippen LogP contribution in [0.25, 0.3) is 11.2 Å². The molecule has 4 heterocycles. The van der Waals surface area contributed by atoms with E-state index in [2.05, 4.69) is 37.4 Å². The lowest BCUT2D eigenvalue weighted by Gasteiger charge is -2.25.